The zero-order chi connectivity index (χ0) is 15.5. The van der Waals surface area contributed by atoms with Crippen molar-refractivity contribution in [1.29, 1.82) is 5.26 Å². The Morgan fingerprint density at radius 3 is 2.95 bits per heavy atom. The summed E-state index contributed by atoms with van der Waals surface area (Å²) < 4.78 is 5.62. The fraction of sp³-hybridized carbons (Fsp3) is 0.111. The lowest BCUT2D eigenvalue weighted by Gasteiger charge is -2.32. The van der Waals surface area contributed by atoms with Crippen molar-refractivity contribution in [3.8, 4) is 6.07 Å². The van der Waals surface area contributed by atoms with Gasteiger partial charge in [-0.1, -0.05) is 19.2 Å². The second kappa shape index (κ2) is 5.74. The molecular formula is C18H15N3O. The molecule has 1 aliphatic heterocycles. The van der Waals surface area contributed by atoms with E-state index in [2.05, 4.69) is 29.1 Å². The second-order valence-electron chi connectivity index (χ2n) is 5.01. The van der Waals surface area contributed by atoms with Crippen molar-refractivity contribution in [1.82, 2.24) is 4.98 Å². The Morgan fingerprint density at radius 1 is 1.32 bits per heavy atom. The fourth-order valence-corrected chi connectivity index (χ4v) is 2.62. The van der Waals surface area contributed by atoms with Crippen LogP contribution in [0.15, 0.2) is 67.3 Å². The molecule has 2 aromatic rings. The van der Waals surface area contributed by atoms with Crippen LogP contribution in [0.25, 0.3) is 10.9 Å². The monoisotopic (exact) mass is 289 g/mol. The molecular weight excluding hydrogens is 274 g/mol. The van der Waals surface area contributed by atoms with Crippen molar-refractivity contribution in [2.24, 2.45) is 0 Å². The first kappa shape index (κ1) is 13.9. The van der Waals surface area contributed by atoms with E-state index in [1.165, 1.54) is 0 Å². The lowest BCUT2D eigenvalue weighted by Crippen LogP contribution is -2.33. The number of fused-ring (bicyclic) bond motifs is 1. The Labute approximate surface area is 129 Å². The highest BCUT2D eigenvalue weighted by atomic mass is 16.5. The predicted molar refractivity (Wildman–Crippen MR) is 87.2 cm³/mol. The van der Waals surface area contributed by atoms with Crippen LogP contribution >= 0.6 is 0 Å². The van der Waals surface area contributed by atoms with E-state index >= 15 is 0 Å². The topological polar surface area (TPSA) is 49.2 Å². The molecule has 1 aromatic heterocycles. The molecule has 1 aromatic carbocycles. The van der Waals surface area contributed by atoms with E-state index in [0.29, 0.717) is 29.9 Å². The minimum atomic E-state index is 0.577. The first-order valence-corrected chi connectivity index (χ1v) is 6.93. The van der Waals surface area contributed by atoms with E-state index < -0.39 is 0 Å². The summed E-state index contributed by atoms with van der Waals surface area (Å²) in [7, 11) is 0. The molecule has 0 N–H and O–H groups in total. The van der Waals surface area contributed by atoms with Crippen LogP contribution in [0.3, 0.4) is 0 Å². The molecule has 1 aliphatic rings. The number of allylic oxidation sites excluding steroid dienone is 2. The summed E-state index contributed by atoms with van der Waals surface area (Å²) in [5.74, 6) is 1.48. The molecule has 2 heterocycles. The number of nitriles is 1. The van der Waals surface area contributed by atoms with E-state index in [9.17, 15) is 5.26 Å². The largest absolute Gasteiger partial charge is 0.463 e. The first-order chi connectivity index (χ1) is 10.7. The van der Waals surface area contributed by atoms with Gasteiger partial charge in [0.2, 0.25) is 0 Å². The summed E-state index contributed by atoms with van der Waals surface area (Å²) in [5.41, 5.74) is 2.31. The third-order valence-electron chi connectivity index (χ3n) is 3.50. The molecule has 108 valence electrons. The number of hydrogen-bond acceptors (Lipinski definition) is 4. The molecule has 0 bridgehead atoms. The van der Waals surface area contributed by atoms with Crippen LogP contribution in [0.2, 0.25) is 0 Å². The first-order valence-electron chi connectivity index (χ1n) is 6.93. The van der Waals surface area contributed by atoms with Crippen LogP contribution in [-0.2, 0) is 4.74 Å². The molecule has 4 nitrogen and oxygen atoms in total. The second-order valence-corrected chi connectivity index (χ2v) is 5.01. The van der Waals surface area contributed by atoms with Crippen LogP contribution in [-0.4, -0.2) is 18.1 Å². The molecule has 1 saturated heterocycles. The standard InChI is InChI=1S/C18H15N3O/c1-3-5-15-12-21(11-13(2)22-15)17-8-7-14(10-19)18-16(17)6-4-9-20-18/h3-9H,1-2,11-12H2. The average Bonchev–Trinajstić information content (AvgIpc) is 2.53. The van der Waals surface area contributed by atoms with Gasteiger partial charge >= 0.3 is 0 Å². The van der Waals surface area contributed by atoms with E-state index in [4.69, 9.17) is 4.74 Å². The number of nitrogens with zero attached hydrogens (tertiary/aromatic N) is 3. The summed E-state index contributed by atoms with van der Waals surface area (Å²) in [6, 6.07) is 9.80. The maximum absolute atomic E-state index is 9.23. The molecule has 4 heteroatoms. The highest BCUT2D eigenvalue weighted by molar-refractivity contribution is 5.95. The molecule has 0 aliphatic carbocycles. The van der Waals surface area contributed by atoms with Crippen LogP contribution in [0.5, 0.6) is 0 Å². The molecule has 0 atom stereocenters. The number of rotatable bonds is 2. The normalized spacial score (nSPS) is 16.4. The number of benzene rings is 1. The summed E-state index contributed by atoms with van der Waals surface area (Å²) in [6.07, 6.45) is 5.24. The van der Waals surface area contributed by atoms with Gasteiger partial charge in [0.05, 0.1) is 24.2 Å². The number of hydrogen-bond donors (Lipinski definition) is 0. The van der Waals surface area contributed by atoms with E-state index in [1.807, 2.05) is 24.3 Å². The summed E-state index contributed by atoms with van der Waals surface area (Å²) in [5, 5.41) is 10.2. The van der Waals surface area contributed by atoms with E-state index in [1.54, 1.807) is 18.3 Å². The Kier molecular flexibility index (Phi) is 3.63. The Hall–Kier alpha value is -3.06. The molecule has 3 rings (SSSR count). The van der Waals surface area contributed by atoms with Crippen molar-refractivity contribution in [2.75, 3.05) is 18.0 Å². The molecule has 0 amide bonds. The van der Waals surface area contributed by atoms with Gasteiger partial charge in [0.25, 0.3) is 0 Å². The van der Waals surface area contributed by atoms with Gasteiger partial charge in [-0.3, -0.25) is 4.98 Å². The van der Waals surface area contributed by atoms with E-state index in [0.717, 1.165) is 16.8 Å². The maximum Gasteiger partial charge on any atom is 0.123 e. The predicted octanol–water partition coefficient (Wildman–Crippen LogP) is 3.53. The maximum atomic E-state index is 9.23. The molecule has 0 saturated carbocycles. The Balaban J connectivity index is 2.10. The van der Waals surface area contributed by atoms with E-state index in [-0.39, 0.29) is 0 Å². The zero-order valence-corrected chi connectivity index (χ0v) is 12.1. The smallest absolute Gasteiger partial charge is 0.123 e. The minimum Gasteiger partial charge on any atom is -0.463 e. The highest BCUT2D eigenvalue weighted by Gasteiger charge is 2.20. The third kappa shape index (κ3) is 2.45. The molecule has 0 unspecified atom stereocenters. The van der Waals surface area contributed by atoms with Crippen LogP contribution in [0, 0.1) is 11.3 Å². The van der Waals surface area contributed by atoms with Crippen molar-refractivity contribution in [3.63, 3.8) is 0 Å². The average molecular weight is 289 g/mol. The van der Waals surface area contributed by atoms with Gasteiger partial charge < -0.3 is 9.64 Å². The molecule has 0 radical (unpaired) electrons. The van der Waals surface area contributed by atoms with Crippen molar-refractivity contribution in [2.45, 2.75) is 0 Å². The van der Waals surface area contributed by atoms with Crippen LogP contribution < -0.4 is 4.90 Å². The number of ether oxygens (including phenoxy) is 1. The van der Waals surface area contributed by atoms with Crippen LogP contribution in [0.4, 0.5) is 5.69 Å². The fourth-order valence-electron chi connectivity index (χ4n) is 2.62. The van der Waals surface area contributed by atoms with Gasteiger partial charge in [0, 0.05) is 17.3 Å². The number of morpholine rings is 1. The third-order valence-corrected chi connectivity index (χ3v) is 3.50. The highest BCUT2D eigenvalue weighted by Crippen LogP contribution is 2.31. The molecule has 1 fully saturated rings. The SMILES string of the molecule is C=CC=C1CN(c2ccc(C#N)c3ncccc23)CC(=C)O1. The van der Waals surface area contributed by atoms with Gasteiger partial charge in [-0.05, 0) is 30.3 Å². The van der Waals surface area contributed by atoms with Crippen molar-refractivity contribution < 1.29 is 4.74 Å². The Morgan fingerprint density at radius 2 is 2.18 bits per heavy atom. The van der Waals surface area contributed by atoms with Gasteiger partial charge in [0.1, 0.15) is 17.6 Å². The van der Waals surface area contributed by atoms with Gasteiger partial charge in [-0.2, -0.15) is 5.26 Å². The lowest BCUT2D eigenvalue weighted by atomic mass is 10.1. The van der Waals surface area contributed by atoms with Gasteiger partial charge in [0.15, 0.2) is 0 Å². The minimum absolute atomic E-state index is 0.577. The summed E-state index contributed by atoms with van der Waals surface area (Å²) in [4.78, 5) is 6.51. The quantitative estimate of drug-likeness (QED) is 0.848. The van der Waals surface area contributed by atoms with Crippen molar-refractivity contribution in [3.05, 3.63) is 72.9 Å². The van der Waals surface area contributed by atoms with Gasteiger partial charge in [-0.25, -0.2) is 0 Å². The van der Waals surface area contributed by atoms with Crippen molar-refractivity contribution >= 4 is 16.6 Å². The summed E-state index contributed by atoms with van der Waals surface area (Å²) >= 11 is 0. The zero-order valence-electron chi connectivity index (χ0n) is 12.1. The number of anilines is 1. The molecule has 0 spiro atoms. The van der Waals surface area contributed by atoms with Gasteiger partial charge in [-0.15, -0.1) is 0 Å². The van der Waals surface area contributed by atoms with Crippen LogP contribution in [0.1, 0.15) is 5.56 Å². The molecule has 22 heavy (non-hydrogen) atoms. The summed E-state index contributed by atoms with van der Waals surface area (Å²) in [6.45, 7) is 8.86. The number of aromatic nitrogens is 1. The Bertz CT molecular complexity index is 830. The number of pyridine rings is 1. The lowest BCUT2D eigenvalue weighted by molar-refractivity contribution is 0.271.